The van der Waals surface area contributed by atoms with Crippen LogP contribution < -0.4 is 0 Å². The van der Waals surface area contributed by atoms with Crippen LogP contribution in [-0.2, 0) is 16.0 Å². The van der Waals surface area contributed by atoms with E-state index in [0.717, 1.165) is 37.7 Å². The van der Waals surface area contributed by atoms with Crippen LogP contribution in [0.3, 0.4) is 0 Å². The number of carboxylic acids is 1. The molecule has 4 heteroatoms. The second kappa shape index (κ2) is 8.14. The van der Waals surface area contributed by atoms with Crippen LogP contribution in [0.2, 0.25) is 0 Å². The minimum atomic E-state index is -0.775. The number of aromatic hydroxyl groups is 1. The van der Waals surface area contributed by atoms with Gasteiger partial charge >= 0.3 is 5.97 Å². The van der Waals surface area contributed by atoms with Crippen LogP contribution >= 0.6 is 0 Å². The zero-order valence-corrected chi connectivity index (χ0v) is 19.8. The third-order valence-electron chi connectivity index (χ3n) is 10.2. The molecular weight excluding hydrogens is 412 g/mol. The summed E-state index contributed by atoms with van der Waals surface area (Å²) in [7, 11) is 0. The third-order valence-corrected chi connectivity index (χ3v) is 10.2. The van der Waals surface area contributed by atoms with Crippen LogP contribution in [-0.4, -0.2) is 22.5 Å². The van der Waals surface area contributed by atoms with Crippen molar-refractivity contribution in [3.8, 4) is 5.75 Å². The number of rotatable bonds is 5. The number of carboxylic acid groups (broad SMARTS) is 1. The van der Waals surface area contributed by atoms with E-state index >= 15 is 0 Å². The Kier molecular flexibility index (Phi) is 5.54. The van der Waals surface area contributed by atoms with Crippen molar-refractivity contribution in [1.82, 2.24) is 0 Å². The van der Waals surface area contributed by atoms with Crippen molar-refractivity contribution in [2.75, 3.05) is 0 Å². The SMILES string of the molecule is C[C@]12CCC(C(=O)O)=CC1=CC[C@@H]1[C@@H]2CC[C@]2(C)C(C(C=O)Cc3ccc(O)cc3)CC[C@@H]12. The Morgan fingerprint density at radius 2 is 1.88 bits per heavy atom. The fourth-order valence-electron chi connectivity index (χ4n) is 8.43. The van der Waals surface area contributed by atoms with Gasteiger partial charge in [-0.3, -0.25) is 0 Å². The van der Waals surface area contributed by atoms with E-state index < -0.39 is 5.97 Å². The van der Waals surface area contributed by atoms with Gasteiger partial charge < -0.3 is 15.0 Å². The first-order valence-electron chi connectivity index (χ1n) is 12.6. The van der Waals surface area contributed by atoms with Crippen molar-refractivity contribution in [2.45, 2.75) is 65.2 Å². The number of phenolic OH excluding ortho intramolecular Hbond substituents is 1. The third kappa shape index (κ3) is 3.57. The van der Waals surface area contributed by atoms with Gasteiger partial charge in [0.1, 0.15) is 12.0 Å². The van der Waals surface area contributed by atoms with Crippen LogP contribution in [0.5, 0.6) is 5.75 Å². The lowest BCUT2D eigenvalue weighted by Crippen LogP contribution is -2.50. The molecule has 176 valence electrons. The van der Waals surface area contributed by atoms with E-state index in [4.69, 9.17) is 0 Å². The molecule has 2 saturated carbocycles. The van der Waals surface area contributed by atoms with Crippen LogP contribution in [0, 0.1) is 40.4 Å². The smallest absolute Gasteiger partial charge is 0.331 e. The van der Waals surface area contributed by atoms with E-state index in [-0.39, 0.29) is 22.5 Å². The van der Waals surface area contributed by atoms with Gasteiger partial charge in [-0.05, 0) is 115 Å². The lowest BCUT2D eigenvalue weighted by molar-refractivity contribution is -0.133. The van der Waals surface area contributed by atoms with E-state index in [9.17, 15) is 19.8 Å². The van der Waals surface area contributed by atoms with E-state index in [1.807, 2.05) is 18.2 Å². The van der Waals surface area contributed by atoms with Crippen molar-refractivity contribution in [2.24, 2.45) is 40.4 Å². The van der Waals surface area contributed by atoms with E-state index in [0.29, 0.717) is 35.7 Å². The first-order chi connectivity index (χ1) is 15.8. The molecule has 0 spiro atoms. The van der Waals surface area contributed by atoms with Gasteiger partial charge in [-0.2, -0.15) is 0 Å². The highest BCUT2D eigenvalue weighted by atomic mass is 16.4. The standard InChI is InChI=1S/C29H36O4/c1-28-13-11-19(27(32)33)16-21(28)5-8-23-25-10-9-24(29(25,2)14-12-26(23)28)20(17-30)15-18-3-6-22(31)7-4-18/h3-7,16-17,20,23-26,31H,8-15H2,1-2H3,(H,32,33)/t20?,23-,24?,25-,26-,28-,29+/m0/s1. The molecule has 1 aromatic carbocycles. The summed E-state index contributed by atoms with van der Waals surface area (Å²) in [4.78, 5) is 23.8. The number of phenols is 1. The lowest BCUT2D eigenvalue weighted by Gasteiger charge is -2.57. The monoisotopic (exact) mass is 448 g/mol. The Hall–Kier alpha value is -2.36. The van der Waals surface area contributed by atoms with E-state index in [2.05, 4.69) is 19.9 Å². The second-order valence-electron chi connectivity index (χ2n) is 11.6. The zero-order chi connectivity index (χ0) is 23.4. The number of carbonyl (C=O) groups excluding carboxylic acids is 1. The summed E-state index contributed by atoms with van der Waals surface area (Å²) in [6.07, 6.45) is 13.5. The van der Waals surface area contributed by atoms with Gasteiger partial charge in [-0.15, -0.1) is 0 Å². The number of allylic oxidation sites excluding steroid dienone is 3. The molecule has 0 heterocycles. The van der Waals surface area contributed by atoms with Gasteiger partial charge in [-0.1, -0.05) is 32.1 Å². The minimum Gasteiger partial charge on any atom is -0.508 e. The Labute approximate surface area is 196 Å². The van der Waals surface area contributed by atoms with Crippen molar-refractivity contribution < 1.29 is 19.8 Å². The molecule has 4 aliphatic rings. The van der Waals surface area contributed by atoms with E-state index in [1.54, 1.807) is 12.1 Å². The highest BCUT2D eigenvalue weighted by Crippen LogP contribution is 2.67. The summed E-state index contributed by atoms with van der Waals surface area (Å²) in [6, 6.07) is 7.30. The molecule has 5 rings (SSSR count). The molecule has 0 aliphatic heterocycles. The molecule has 2 unspecified atom stereocenters. The number of fused-ring (bicyclic) bond motifs is 5. The average molecular weight is 449 g/mol. The Morgan fingerprint density at radius 3 is 2.58 bits per heavy atom. The fraction of sp³-hybridized carbons (Fsp3) is 0.586. The van der Waals surface area contributed by atoms with Gasteiger partial charge in [0.15, 0.2) is 0 Å². The summed E-state index contributed by atoms with van der Waals surface area (Å²) in [5.41, 5.74) is 3.19. The maximum Gasteiger partial charge on any atom is 0.331 e. The topological polar surface area (TPSA) is 74.6 Å². The zero-order valence-electron chi connectivity index (χ0n) is 19.8. The summed E-state index contributed by atoms with van der Waals surface area (Å²) in [5, 5.41) is 19.1. The number of carbonyl (C=O) groups is 2. The first kappa shape index (κ1) is 22.4. The summed E-state index contributed by atoms with van der Waals surface area (Å²) < 4.78 is 0. The predicted octanol–water partition coefficient (Wildman–Crippen LogP) is 5.95. The van der Waals surface area contributed by atoms with Crippen molar-refractivity contribution in [1.29, 1.82) is 0 Å². The number of aliphatic carboxylic acids is 1. The van der Waals surface area contributed by atoms with Gasteiger partial charge in [0.05, 0.1) is 0 Å². The van der Waals surface area contributed by atoms with Crippen LogP contribution in [0.4, 0.5) is 0 Å². The first-order valence-corrected chi connectivity index (χ1v) is 12.6. The van der Waals surface area contributed by atoms with Crippen molar-refractivity contribution in [3.63, 3.8) is 0 Å². The lowest BCUT2D eigenvalue weighted by atomic mass is 9.47. The molecule has 2 N–H and O–H groups in total. The van der Waals surface area contributed by atoms with Gasteiger partial charge in [-0.25, -0.2) is 4.79 Å². The highest BCUT2D eigenvalue weighted by molar-refractivity contribution is 5.87. The number of hydrogen-bond donors (Lipinski definition) is 2. The summed E-state index contributed by atoms with van der Waals surface area (Å²) in [5.74, 6) is 1.76. The molecule has 4 aliphatic carbocycles. The van der Waals surface area contributed by atoms with Gasteiger partial charge in [0.25, 0.3) is 0 Å². The molecule has 0 bridgehead atoms. The van der Waals surface area contributed by atoms with Crippen molar-refractivity contribution >= 4 is 12.3 Å². The number of aldehydes is 1. The highest BCUT2D eigenvalue weighted by Gasteiger charge is 2.59. The molecule has 0 radical (unpaired) electrons. The van der Waals surface area contributed by atoms with Crippen LogP contribution in [0.15, 0.2) is 47.6 Å². The Balaban J connectivity index is 1.39. The maximum absolute atomic E-state index is 12.3. The molecule has 33 heavy (non-hydrogen) atoms. The number of hydrogen-bond acceptors (Lipinski definition) is 3. The molecular formula is C29H36O4. The van der Waals surface area contributed by atoms with E-state index in [1.165, 1.54) is 24.7 Å². The fourth-order valence-corrected chi connectivity index (χ4v) is 8.43. The predicted molar refractivity (Wildman–Crippen MR) is 128 cm³/mol. The van der Waals surface area contributed by atoms with Gasteiger partial charge in [0, 0.05) is 11.5 Å². The van der Waals surface area contributed by atoms with Crippen molar-refractivity contribution in [3.05, 3.63) is 53.1 Å². The second-order valence-corrected chi connectivity index (χ2v) is 11.6. The largest absolute Gasteiger partial charge is 0.508 e. The maximum atomic E-state index is 12.3. The molecule has 4 nitrogen and oxygen atoms in total. The number of benzene rings is 1. The van der Waals surface area contributed by atoms with Crippen LogP contribution in [0.25, 0.3) is 0 Å². The van der Waals surface area contributed by atoms with Crippen LogP contribution in [0.1, 0.15) is 64.4 Å². The molecule has 0 saturated heterocycles. The normalized spacial score (nSPS) is 38.2. The average Bonchev–Trinajstić information content (AvgIpc) is 3.15. The van der Waals surface area contributed by atoms with Gasteiger partial charge in [0.2, 0.25) is 0 Å². The summed E-state index contributed by atoms with van der Waals surface area (Å²) >= 11 is 0. The minimum absolute atomic E-state index is 0.0158. The molecule has 0 aromatic heterocycles. The molecule has 0 amide bonds. The molecule has 7 atom stereocenters. The quantitative estimate of drug-likeness (QED) is 0.546. The Morgan fingerprint density at radius 1 is 1.12 bits per heavy atom. The summed E-state index contributed by atoms with van der Waals surface area (Å²) in [6.45, 7) is 4.82. The molecule has 2 fully saturated rings. The Bertz CT molecular complexity index is 1000. The molecule has 1 aromatic rings.